The Labute approximate surface area is 86.6 Å². The van der Waals surface area contributed by atoms with Crippen LogP contribution >= 0.6 is 0 Å². The van der Waals surface area contributed by atoms with Crippen LogP contribution in [-0.4, -0.2) is 5.78 Å². The van der Waals surface area contributed by atoms with E-state index in [1.807, 2.05) is 6.08 Å². The number of allylic oxidation sites excluding steroid dienone is 2. The monoisotopic (exact) mass is 192 g/mol. The maximum absolute atomic E-state index is 11.4. The molecule has 14 heavy (non-hydrogen) atoms. The van der Waals surface area contributed by atoms with Crippen molar-refractivity contribution in [3.05, 3.63) is 11.6 Å². The summed E-state index contributed by atoms with van der Waals surface area (Å²) in [6, 6.07) is 0. The van der Waals surface area contributed by atoms with Crippen LogP contribution in [0.25, 0.3) is 0 Å². The molecule has 0 aliphatic heterocycles. The fraction of sp³-hybridized carbons (Fsp3) is 0.769. The normalized spacial score (nSPS) is 37.3. The van der Waals surface area contributed by atoms with Gasteiger partial charge in [-0.3, -0.25) is 4.79 Å². The first kappa shape index (κ1) is 9.95. The number of carbonyl (C=O) groups is 1. The number of hydrogen-bond acceptors (Lipinski definition) is 1. The van der Waals surface area contributed by atoms with E-state index in [9.17, 15) is 4.79 Å². The van der Waals surface area contributed by atoms with E-state index in [4.69, 9.17) is 0 Å². The summed E-state index contributed by atoms with van der Waals surface area (Å²) in [4.78, 5) is 11.4. The summed E-state index contributed by atoms with van der Waals surface area (Å²) >= 11 is 0. The molecule has 0 unspecified atom stereocenters. The van der Waals surface area contributed by atoms with E-state index in [0.717, 1.165) is 12.8 Å². The maximum atomic E-state index is 11.4. The zero-order valence-electron chi connectivity index (χ0n) is 9.47. The second-order valence-corrected chi connectivity index (χ2v) is 5.52. The van der Waals surface area contributed by atoms with Crippen molar-refractivity contribution in [2.45, 2.75) is 46.5 Å². The van der Waals surface area contributed by atoms with Crippen molar-refractivity contribution in [3.8, 4) is 0 Å². The van der Waals surface area contributed by atoms with E-state index < -0.39 is 0 Å². The fourth-order valence-corrected chi connectivity index (χ4v) is 3.11. The van der Waals surface area contributed by atoms with Gasteiger partial charge in [0.1, 0.15) is 0 Å². The Morgan fingerprint density at radius 1 is 1.43 bits per heavy atom. The summed E-state index contributed by atoms with van der Waals surface area (Å²) in [6.07, 6.45) is 6.38. The van der Waals surface area contributed by atoms with Gasteiger partial charge in [0.25, 0.3) is 0 Å². The minimum absolute atomic E-state index is 0.352. The quantitative estimate of drug-likeness (QED) is 0.622. The van der Waals surface area contributed by atoms with Gasteiger partial charge in [-0.1, -0.05) is 26.3 Å². The molecule has 0 saturated heterocycles. The molecule has 0 heterocycles. The predicted molar refractivity (Wildman–Crippen MR) is 58.0 cm³/mol. The minimum Gasteiger partial charge on any atom is -0.295 e. The molecule has 2 aliphatic carbocycles. The van der Waals surface area contributed by atoms with Crippen molar-refractivity contribution < 1.29 is 4.79 Å². The third-order valence-electron chi connectivity index (χ3n) is 4.15. The summed E-state index contributed by atoms with van der Waals surface area (Å²) in [5, 5.41) is 0. The van der Waals surface area contributed by atoms with Crippen molar-refractivity contribution in [2.75, 3.05) is 0 Å². The first-order valence-electron chi connectivity index (χ1n) is 5.78. The molecule has 2 aliphatic rings. The van der Waals surface area contributed by atoms with E-state index in [2.05, 4.69) is 20.8 Å². The molecule has 1 heteroatoms. The average molecular weight is 192 g/mol. The van der Waals surface area contributed by atoms with E-state index in [0.29, 0.717) is 23.0 Å². The third-order valence-corrected chi connectivity index (χ3v) is 4.15. The van der Waals surface area contributed by atoms with Crippen molar-refractivity contribution in [1.29, 1.82) is 0 Å². The molecular formula is C13H20O. The zero-order chi connectivity index (χ0) is 10.3. The molecule has 1 nitrogen and oxygen atoms in total. The SMILES string of the molecule is CC(C)[C@@H]1CC[C@]2(C)CCC(=O)C=C12. The maximum Gasteiger partial charge on any atom is 0.155 e. The Morgan fingerprint density at radius 3 is 2.79 bits per heavy atom. The summed E-state index contributed by atoms with van der Waals surface area (Å²) in [7, 11) is 0. The van der Waals surface area contributed by atoms with Crippen LogP contribution in [0.1, 0.15) is 46.5 Å². The molecule has 0 amide bonds. The Balaban J connectivity index is 2.33. The average Bonchev–Trinajstić information content (AvgIpc) is 2.43. The molecule has 1 saturated carbocycles. The first-order chi connectivity index (χ1) is 6.53. The second-order valence-electron chi connectivity index (χ2n) is 5.52. The van der Waals surface area contributed by atoms with Gasteiger partial charge in [-0.15, -0.1) is 0 Å². The molecule has 2 atom stereocenters. The molecule has 0 radical (unpaired) electrons. The molecular weight excluding hydrogens is 172 g/mol. The number of rotatable bonds is 1. The van der Waals surface area contributed by atoms with E-state index in [1.54, 1.807) is 0 Å². The molecule has 0 aromatic carbocycles. The largest absolute Gasteiger partial charge is 0.295 e. The predicted octanol–water partition coefficient (Wildman–Crippen LogP) is 3.35. The zero-order valence-corrected chi connectivity index (χ0v) is 9.47. The molecule has 0 bridgehead atoms. The van der Waals surface area contributed by atoms with Crippen molar-refractivity contribution in [3.63, 3.8) is 0 Å². The molecule has 0 aromatic rings. The number of ketones is 1. The van der Waals surface area contributed by atoms with E-state index in [-0.39, 0.29) is 0 Å². The van der Waals surface area contributed by atoms with Gasteiger partial charge in [-0.25, -0.2) is 0 Å². The lowest BCUT2D eigenvalue weighted by molar-refractivity contribution is -0.115. The topological polar surface area (TPSA) is 17.1 Å². The highest BCUT2D eigenvalue weighted by atomic mass is 16.1. The van der Waals surface area contributed by atoms with Gasteiger partial charge >= 0.3 is 0 Å². The Morgan fingerprint density at radius 2 is 2.14 bits per heavy atom. The van der Waals surface area contributed by atoms with Gasteiger partial charge in [0, 0.05) is 6.42 Å². The summed E-state index contributed by atoms with van der Waals surface area (Å²) < 4.78 is 0. The van der Waals surface area contributed by atoms with Crippen LogP contribution in [0.2, 0.25) is 0 Å². The van der Waals surface area contributed by atoms with Crippen LogP contribution in [-0.2, 0) is 4.79 Å². The molecule has 0 aromatic heterocycles. The smallest absolute Gasteiger partial charge is 0.155 e. The van der Waals surface area contributed by atoms with Crippen LogP contribution in [0.3, 0.4) is 0 Å². The van der Waals surface area contributed by atoms with Crippen LogP contribution in [0.5, 0.6) is 0 Å². The summed E-state index contributed by atoms with van der Waals surface area (Å²) in [5.41, 5.74) is 1.83. The number of carbonyl (C=O) groups excluding carboxylic acids is 1. The number of hydrogen-bond donors (Lipinski definition) is 0. The van der Waals surface area contributed by atoms with E-state index in [1.165, 1.54) is 18.4 Å². The third kappa shape index (κ3) is 1.43. The Hall–Kier alpha value is -0.590. The van der Waals surface area contributed by atoms with Crippen LogP contribution in [0.4, 0.5) is 0 Å². The highest BCUT2D eigenvalue weighted by Gasteiger charge is 2.43. The summed E-state index contributed by atoms with van der Waals surface area (Å²) in [6.45, 7) is 6.89. The Kier molecular flexibility index (Phi) is 2.29. The lowest BCUT2D eigenvalue weighted by Crippen LogP contribution is -2.24. The molecule has 78 valence electrons. The van der Waals surface area contributed by atoms with Crippen molar-refractivity contribution >= 4 is 5.78 Å². The summed E-state index contributed by atoms with van der Waals surface area (Å²) in [5.74, 6) is 1.71. The number of fused-ring (bicyclic) bond motifs is 1. The molecule has 0 N–H and O–H groups in total. The highest BCUT2D eigenvalue weighted by molar-refractivity contribution is 5.91. The lowest BCUT2D eigenvalue weighted by atomic mass is 9.72. The van der Waals surface area contributed by atoms with E-state index >= 15 is 0 Å². The van der Waals surface area contributed by atoms with Crippen LogP contribution < -0.4 is 0 Å². The van der Waals surface area contributed by atoms with Crippen molar-refractivity contribution in [1.82, 2.24) is 0 Å². The van der Waals surface area contributed by atoms with Gasteiger partial charge in [-0.2, -0.15) is 0 Å². The van der Waals surface area contributed by atoms with Crippen molar-refractivity contribution in [2.24, 2.45) is 17.3 Å². The van der Waals surface area contributed by atoms with Gasteiger partial charge in [0.05, 0.1) is 0 Å². The standard InChI is InChI=1S/C13H20O/c1-9(2)11-5-7-13(3)6-4-10(14)8-12(11)13/h8-9,11H,4-7H2,1-3H3/t11-,13-/m0/s1. The van der Waals surface area contributed by atoms with Gasteiger partial charge < -0.3 is 0 Å². The van der Waals surface area contributed by atoms with Gasteiger partial charge in [0.2, 0.25) is 0 Å². The lowest BCUT2D eigenvalue weighted by Gasteiger charge is -2.32. The fourth-order valence-electron chi connectivity index (χ4n) is 3.11. The molecule has 0 spiro atoms. The molecule has 2 rings (SSSR count). The second kappa shape index (κ2) is 3.22. The molecule has 1 fully saturated rings. The van der Waals surface area contributed by atoms with Gasteiger partial charge in [0.15, 0.2) is 5.78 Å². The Bertz CT molecular complexity index is 288. The highest BCUT2D eigenvalue weighted by Crippen LogP contribution is 2.53. The van der Waals surface area contributed by atoms with Crippen LogP contribution in [0, 0.1) is 17.3 Å². The minimum atomic E-state index is 0.352. The van der Waals surface area contributed by atoms with Crippen LogP contribution in [0.15, 0.2) is 11.6 Å². The first-order valence-corrected chi connectivity index (χ1v) is 5.78. The van der Waals surface area contributed by atoms with Gasteiger partial charge in [-0.05, 0) is 42.6 Å².